The maximum atomic E-state index is 10.6. The Labute approximate surface area is 77.5 Å². The number of nitrogens with zero attached hydrogens (tertiary/aromatic N) is 2. The van der Waals surface area contributed by atoms with Crippen molar-refractivity contribution in [3.05, 3.63) is 12.7 Å². The number of rotatable bonds is 5. The molecule has 70 valence electrons. The molecule has 0 aliphatic rings. The summed E-state index contributed by atoms with van der Waals surface area (Å²) in [6, 6.07) is 1.53. The molecule has 0 saturated heterocycles. The second-order valence-corrected chi connectivity index (χ2v) is 2.28. The molecule has 0 spiro atoms. The Morgan fingerprint density at radius 3 is 3.00 bits per heavy atom. The van der Waals surface area contributed by atoms with E-state index in [2.05, 4.69) is 16.3 Å². The van der Waals surface area contributed by atoms with Crippen molar-refractivity contribution in [3.8, 4) is 6.07 Å². The first-order chi connectivity index (χ1) is 6.24. The van der Waals surface area contributed by atoms with E-state index in [0.29, 0.717) is 6.42 Å². The predicted octanol–water partition coefficient (Wildman–Crippen LogP) is 1.09. The van der Waals surface area contributed by atoms with Crippen molar-refractivity contribution >= 4 is 12.2 Å². The second kappa shape index (κ2) is 7.04. The second-order valence-electron chi connectivity index (χ2n) is 2.28. The van der Waals surface area contributed by atoms with Crippen LogP contribution < -0.4 is 0 Å². The molecule has 0 aliphatic heterocycles. The standard InChI is InChI=1S/C9H12N2O2/c1-3-4-8(7-10)11-6-5-9(12)13-2/h3,6,8H,1,4-5H2,2H3. The van der Waals surface area contributed by atoms with Gasteiger partial charge in [0.15, 0.2) is 0 Å². The number of methoxy groups -OCH3 is 1. The van der Waals surface area contributed by atoms with Gasteiger partial charge < -0.3 is 4.74 Å². The monoisotopic (exact) mass is 180 g/mol. The van der Waals surface area contributed by atoms with Crippen LogP contribution in [0.25, 0.3) is 0 Å². The summed E-state index contributed by atoms with van der Waals surface area (Å²) < 4.78 is 4.39. The molecule has 0 aromatic carbocycles. The van der Waals surface area contributed by atoms with Crippen LogP contribution in [-0.4, -0.2) is 25.3 Å². The first kappa shape index (κ1) is 11.4. The van der Waals surface area contributed by atoms with Crippen LogP contribution in [-0.2, 0) is 9.53 Å². The largest absolute Gasteiger partial charge is 0.469 e. The van der Waals surface area contributed by atoms with Crippen LogP contribution >= 0.6 is 0 Å². The first-order valence-electron chi connectivity index (χ1n) is 3.83. The fourth-order valence-corrected chi connectivity index (χ4v) is 0.643. The quantitative estimate of drug-likeness (QED) is 0.361. The van der Waals surface area contributed by atoms with E-state index in [1.54, 1.807) is 6.08 Å². The fraction of sp³-hybridized carbons (Fsp3) is 0.444. The van der Waals surface area contributed by atoms with Crippen LogP contribution in [0.5, 0.6) is 0 Å². The average Bonchev–Trinajstić information content (AvgIpc) is 2.16. The molecule has 0 aromatic rings. The molecule has 1 unspecified atom stereocenters. The Morgan fingerprint density at radius 2 is 2.54 bits per heavy atom. The van der Waals surface area contributed by atoms with Gasteiger partial charge in [-0.2, -0.15) is 5.26 Å². The van der Waals surface area contributed by atoms with Crippen LogP contribution in [0.15, 0.2) is 17.6 Å². The van der Waals surface area contributed by atoms with Gasteiger partial charge in [0.05, 0.1) is 19.6 Å². The molecule has 4 nitrogen and oxygen atoms in total. The van der Waals surface area contributed by atoms with E-state index in [-0.39, 0.29) is 12.4 Å². The number of carbonyl (C=O) groups excluding carboxylic acids is 1. The van der Waals surface area contributed by atoms with E-state index < -0.39 is 6.04 Å². The van der Waals surface area contributed by atoms with E-state index in [0.717, 1.165) is 0 Å². The van der Waals surface area contributed by atoms with E-state index in [9.17, 15) is 4.79 Å². The Morgan fingerprint density at radius 1 is 1.85 bits per heavy atom. The van der Waals surface area contributed by atoms with Crippen LogP contribution in [0.1, 0.15) is 12.8 Å². The van der Waals surface area contributed by atoms with Gasteiger partial charge in [0.1, 0.15) is 6.04 Å². The van der Waals surface area contributed by atoms with Crippen molar-refractivity contribution in [3.63, 3.8) is 0 Å². The SMILES string of the molecule is C=CCC(C#N)N=CCC(=O)OC. The number of hydrogen-bond acceptors (Lipinski definition) is 4. The molecule has 0 rings (SSSR count). The van der Waals surface area contributed by atoms with Gasteiger partial charge in [-0.05, 0) is 0 Å². The van der Waals surface area contributed by atoms with Gasteiger partial charge in [-0.15, -0.1) is 6.58 Å². The average molecular weight is 180 g/mol. The normalized spacial score (nSPS) is 12.0. The number of esters is 1. The fourth-order valence-electron chi connectivity index (χ4n) is 0.643. The zero-order valence-electron chi connectivity index (χ0n) is 7.56. The number of hydrogen-bond donors (Lipinski definition) is 0. The number of aliphatic imine (C=N–C) groups is 1. The molecule has 0 N–H and O–H groups in total. The summed E-state index contributed by atoms with van der Waals surface area (Å²) in [6.45, 7) is 3.49. The summed E-state index contributed by atoms with van der Waals surface area (Å²) in [4.78, 5) is 14.5. The smallest absolute Gasteiger partial charge is 0.310 e. The van der Waals surface area contributed by atoms with Gasteiger partial charge in [0.25, 0.3) is 0 Å². The van der Waals surface area contributed by atoms with Crippen molar-refractivity contribution in [2.75, 3.05) is 7.11 Å². The number of nitriles is 1. The molecule has 0 fully saturated rings. The van der Waals surface area contributed by atoms with E-state index in [4.69, 9.17) is 5.26 Å². The van der Waals surface area contributed by atoms with Gasteiger partial charge in [-0.1, -0.05) is 6.08 Å². The summed E-state index contributed by atoms with van der Waals surface area (Å²) in [5.41, 5.74) is 0. The highest BCUT2D eigenvalue weighted by Gasteiger charge is 2.00. The molecule has 0 heterocycles. The zero-order chi connectivity index (χ0) is 10.1. The summed E-state index contributed by atoms with van der Waals surface area (Å²) in [5, 5.41) is 8.55. The number of carbonyl (C=O) groups is 1. The third-order valence-corrected chi connectivity index (χ3v) is 1.31. The van der Waals surface area contributed by atoms with Crippen molar-refractivity contribution in [1.82, 2.24) is 0 Å². The summed E-state index contributed by atoms with van der Waals surface area (Å²) in [5.74, 6) is -0.362. The molecular weight excluding hydrogens is 168 g/mol. The lowest BCUT2D eigenvalue weighted by Crippen LogP contribution is -2.03. The van der Waals surface area contributed by atoms with Crippen molar-refractivity contribution < 1.29 is 9.53 Å². The minimum Gasteiger partial charge on any atom is -0.469 e. The lowest BCUT2D eigenvalue weighted by Gasteiger charge is -1.97. The molecular formula is C9H12N2O2. The molecule has 0 radical (unpaired) electrons. The van der Waals surface area contributed by atoms with Crippen LogP contribution in [0.4, 0.5) is 0 Å². The van der Waals surface area contributed by atoms with E-state index in [1.807, 2.05) is 6.07 Å². The van der Waals surface area contributed by atoms with Crippen LogP contribution in [0, 0.1) is 11.3 Å². The van der Waals surface area contributed by atoms with E-state index >= 15 is 0 Å². The van der Waals surface area contributed by atoms with Gasteiger partial charge in [-0.3, -0.25) is 9.79 Å². The van der Waals surface area contributed by atoms with Gasteiger partial charge in [0.2, 0.25) is 0 Å². The van der Waals surface area contributed by atoms with Gasteiger partial charge >= 0.3 is 5.97 Å². The first-order valence-corrected chi connectivity index (χ1v) is 3.83. The van der Waals surface area contributed by atoms with Crippen LogP contribution in [0.2, 0.25) is 0 Å². The summed E-state index contributed by atoms with van der Waals surface area (Å²) >= 11 is 0. The minimum atomic E-state index is -0.442. The number of ether oxygens (including phenoxy) is 1. The summed E-state index contributed by atoms with van der Waals surface area (Å²) in [7, 11) is 1.31. The van der Waals surface area contributed by atoms with Gasteiger partial charge in [-0.25, -0.2) is 0 Å². The molecule has 0 aliphatic carbocycles. The molecule has 0 saturated carbocycles. The lowest BCUT2D eigenvalue weighted by atomic mass is 10.2. The summed E-state index contributed by atoms with van der Waals surface area (Å²) in [6.07, 6.45) is 3.60. The Kier molecular flexibility index (Phi) is 6.16. The molecule has 0 amide bonds. The highest BCUT2D eigenvalue weighted by molar-refractivity contribution is 5.85. The molecule has 13 heavy (non-hydrogen) atoms. The third-order valence-electron chi connectivity index (χ3n) is 1.31. The lowest BCUT2D eigenvalue weighted by molar-refractivity contribution is -0.139. The zero-order valence-corrected chi connectivity index (χ0v) is 7.56. The maximum Gasteiger partial charge on any atom is 0.310 e. The molecule has 4 heteroatoms. The van der Waals surface area contributed by atoms with Crippen molar-refractivity contribution in [2.45, 2.75) is 18.9 Å². The molecule has 0 bridgehead atoms. The van der Waals surface area contributed by atoms with Crippen LogP contribution in [0.3, 0.4) is 0 Å². The Balaban J connectivity index is 3.87. The predicted molar refractivity (Wildman–Crippen MR) is 49.3 cm³/mol. The third kappa shape index (κ3) is 5.62. The van der Waals surface area contributed by atoms with E-state index in [1.165, 1.54) is 13.3 Å². The highest BCUT2D eigenvalue weighted by Crippen LogP contribution is 1.96. The Bertz CT molecular complexity index is 240. The minimum absolute atomic E-state index is 0.103. The van der Waals surface area contributed by atoms with Gasteiger partial charge in [0, 0.05) is 12.6 Å². The molecule has 1 atom stereocenters. The highest BCUT2D eigenvalue weighted by atomic mass is 16.5. The van der Waals surface area contributed by atoms with Crippen molar-refractivity contribution in [2.24, 2.45) is 4.99 Å². The topological polar surface area (TPSA) is 62.5 Å². The van der Waals surface area contributed by atoms with Crippen molar-refractivity contribution in [1.29, 1.82) is 5.26 Å². The Hall–Kier alpha value is -1.63. The molecule has 0 aromatic heterocycles. The maximum absolute atomic E-state index is 10.6.